The molecule has 1 amide bonds. The number of amides is 1. The van der Waals surface area contributed by atoms with Gasteiger partial charge in [-0.05, 0) is 73.2 Å². The topological polar surface area (TPSA) is 84.5 Å². The van der Waals surface area contributed by atoms with Crippen molar-refractivity contribution in [2.24, 2.45) is 0 Å². The molecule has 0 bridgehead atoms. The van der Waals surface area contributed by atoms with Crippen molar-refractivity contribution in [3.05, 3.63) is 82.9 Å². The predicted octanol–water partition coefficient (Wildman–Crippen LogP) is 4.71. The first-order valence-electron chi connectivity index (χ1n) is 8.63. The maximum atomic E-state index is 12.7. The number of hydrogen-bond donors (Lipinski definition) is 2. The molecule has 0 fully saturated rings. The Morgan fingerprint density at radius 1 is 1.00 bits per heavy atom. The van der Waals surface area contributed by atoms with E-state index in [-0.39, 0.29) is 10.5 Å². The second-order valence-corrected chi connectivity index (χ2v) is 8.39. The first-order chi connectivity index (χ1) is 13.8. The fourth-order valence-corrected chi connectivity index (χ4v) is 3.97. The molecule has 3 aromatic carbocycles. The van der Waals surface area contributed by atoms with Crippen molar-refractivity contribution in [2.75, 3.05) is 17.1 Å². The molecule has 0 spiro atoms. The summed E-state index contributed by atoms with van der Waals surface area (Å²) in [6.07, 6.45) is 0. The van der Waals surface area contributed by atoms with Gasteiger partial charge in [-0.1, -0.05) is 17.7 Å². The summed E-state index contributed by atoms with van der Waals surface area (Å²) in [5.41, 5.74) is 2.01. The maximum Gasteiger partial charge on any atom is 0.261 e. The Bertz CT molecular complexity index is 1150. The van der Waals surface area contributed by atoms with Gasteiger partial charge in [0.05, 0.1) is 12.0 Å². The summed E-state index contributed by atoms with van der Waals surface area (Å²) in [5, 5.41) is 3.34. The molecule has 0 aliphatic heterocycles. The number of rotatable bonds is 6. The van der Waals surface area contributed by atoms with Gasteiger partial charge >= 0.3 is 0 Å². The van der Waals surface area contributed by atoms with Crippen LogP contribution in [0.1, 0.15) is 15.9 Å². The number of carbonyl (C=O) groups excluding carboxylic acids is 1. The smallest absolute Gasteiger partial charge is 0.261 e. The average Bonchev–Trinajstić information content (AvgIpc) is 2.70. The zero-order valence-corrected chi connectivity index (χ0v) is 17.3. The number of halogens is 1. The number of ether oxygens (including phenoxy) is 1. The Labute approximate surface area is 174 Å². The minimum atomic E-state index is -3.86. The third-order valence-electron chi connectivity index (χ3n) is 4.19. The van der Waals surface area contributed by atoms with E-state index in [2.05, 4.69) is 10.0 Å². The molecule has 0 saturated heterocycles. The van der Waals surface area contributed by atoms with Crippen molar-refractivity contribution in [1.82, 2.24) is 0 Å². The number of hydrogen-bond acceptors (Lipinski definition) is 4. The number of anilines is 2. The van der Waals surface area contributed by atoms with Crippen LogP contribution in [0.25, 0.3) is 0 Å². The van der Waals surface area contributed by atoms with Crippen LogP contribution in [0.15, 0.2) is 71.6 Å². The molecular formula is C21H19ClN2O4S. The van der Waals surface area contributed by atoms with Crippen molar-refractivity contribution in [3.63, 3.8) is 0 Å². The van der Waals surface area contributed by atoms with Crippen molar-refractivity contribution in [2.45, 2.75) is 11.8 Å². The lowest BCUT2D eigenvalue weighted by atomic mass is 10.1. The summed E-state index contributed by atoms with van der Waals surface area (Å²) < 4.78 is 32.9. The lowest BCUT2D eigenvalue weighted by Gasteiger charge is -2.11. The van der Waals surface area contributed by atoms with Gasteiger partial charge in [-0.3, -0.25) is 9.52 Å². The van der Waals surface area contributed by atoms with E-state index in [9.17, 15) is 13.2 Å². The first-order valence-corrected chi connectivity index (χ1v) is 10.5. The standard InChI is InChI=1S/C21H19ClN2O4S/c1-14-12-16(22)6-11-20(14)23-21(25)15-4-3-5-19(13-15)29(26,27)24-17-7-9-18(28-2)10-8-17/h3-13,24H,1-2H3,(H,23,25). The van der Waals surface area contributed by atoms with Gasteiger partial charge in [-0.25, -0.2) is 8.42 Å². The minimum Gasteiger partial charge on any atom is -0.497 e. The molecule has 0 heterocycles. The van der Waals surface area contributed by atoms with E-state index in [1.54, 1.807) is 48.5 Å². The molecule has 0 aliphatic carbocycles. The van der Waals surface area contributed by atoms with Crippen LogP contribution in [0, 0.1) is 6.92 Å². The molecular weight excluding hydrogens is 412 g/mol. The predicted molar refractivity (Wildman–Crippen MR) is 114 cm³/mol. The molecule has 3 aromatic rings. The normalized spacial score (nSPS) is 11.0. The molecule has 0 aliphatic rings. The van der Waals surface area contributed by atoms with Gasteiger partial charge in [0.15, 0.2) is 0 Å². The molecule has 29 heavy (non-hydrogen) atoms. The second-order valence-electron chi connectivity index (χ2n) is 6.28. The molecule has 0 aromatic heterocycles. The van der Waals surface area contributed by atoms with Crippen LogP contribution in [0.3, 0.4) is 0 Å². The van der Waals surface area contributed by atoms with Gasteiger partial charge in [0.1, 0.15) is 5.75 Å². The third-order valence-corrected chi connectivity index (χ3v) is 5.80. The van der Waals surface area contributed by atoms with Crippen LogP contribution >= 0.6 is 11.6 Å². The average molecular weight is 431 g/mol. The number of benzene rings is 3. The largest absolute Gasteiger partial charge is 0.497 e. The summed E-state index contributed by atoms with van der Waals surface area (Å²) in [7, 11) is -2.33. The first kappa shape index (κ1) is 20.7. The number of nitrogens with one attached hydrogen (secondary N) is 2. The van der Waals surface area contributed by atoms with Gasteiger partial charge < -0.3 is 10.1 Å². The fraction of sp³-hybridized carbons (Fsp3) is 0.0952. The molecule has 0 unspecified atom stereocenters. The van der Waals surface area contributed by atoms with Gasteiger partial charge in [0.25, 0.3) is 15.9 Å². The summed E-state index contributed by atoms with van der Waals surface area (Å²) in [6, 6.07) is 17.4. The van der Waals surface area contributed by atoms with E-state index in [0.717, 1.165) is 5.56 Å². The summed E-state index contributed by atoms with van der Waals surface area (Å²) in [5.74, 6) is 0.195. The molecule has 6 nitrogen and oxygen atoms in total. The van der Waals surface area contributed by atoms with Gasteiger partial charge in [-0.15, -0.1) is 0 Å². The van der Waals surface area contributed by atoms with Crippen LogP contribution in [0.5, 0.6) is 5.75 Å². The van der Waals surface area contributed by atoms with E-state index < -0.39 is 15.9 Å². The maximum absolute atomic E-state index is 12.7. The summed E-state index contributed by atoms with van der Waals surface area (Å²) in [6.45, 7) is 1.82. The molecule has 0 atom stereocenters. The number of carbonyl (C=O) groups is 1. The van der Waals surface area contributed by atoms with Gasteiger partial charge in [0, 0.05) is 22.0 Å². The summed E-state index contributed by atoms with van der Waals surface area (Å²) in [4.78, 5) is 12.6. The van der Waals surface area contributed by atoms with Gasteiger partial charge in [-0.2, -0.15) is 0 Å². The zero-order chi connectivity index (χ0) is 21.0. The van der Waals surface area contributed by atoms with Crippen LogP contribution in [-0.4, -0.2) is 21.4 Å². The van der Waals surface area contributed by atoms with E-state index in [0.29, 0.717) is 22.1 Å². The van der Waals surface area contributed by atoms with E-state index >= 15 is 0 Å². The lowest BCUT2D eigenvalue weighted by Crippen LogP contribution is -2.16. The third kappa shape index (κ3) is 5.07. The van der Waals surface area contributed by atoms with Crippen molar-refractivity contribution in [1.29, 1.82) is 0 Å². The van der Waals surface area contributed by atoms with Crippen LogP contribution in [-0.2, 0) is 10.0 Å². The Hall–Kier alpha value is -3.03. The Kier molecular flexibility index (Phi) is 6.10. The lowest BCUT2D eigenvalue weighted by molar-refractivity contribution is 0.102. The highest BCUT2D eigenvalue weighted by Crippen LogP contribution is 2.22. The van der Waals surface area contributed by atoms with Gasteiger partial charge in [0.2, 0.25) is 0 Å². The van der Waals surface area contributed by atoms with Crippen LogP contribution in [0.4, 0.5) is 11.4 Å². The number of methoxy groups -OCH3 is 1. The molecule has 0 saturated carbocycles. The highest BCUT2D eigenvalue weighted by molar-refractivity contribution is 7.92. The van der Waals surface area contributed by atoms with E-state index in [1.165, 1.54) is 25.3 Å². The SMILES string of the molecule is COc1ccc(NS(=O)(=O)c2cccc(C(=O)Nc3ccc(Cl)cc3C)c2)cc1. The van der Waals surface area contributed by atoms with Crippen molar-refractivity contribution in [3.8, 4) is 5.75 Å². The molecule has 3 rings (SSSR count). The van der Waals surface area contributed by atoms with E-state index in [1.807, 2.05) is 6.92 Å². The molecule has 2 N–H and O–H groups in total. The molecule has 8 heteroatoms. The Morgan fingerprint density at radius 3 is 2.38 bits per heavy atom. The van der Waals surface area contributed by atoms with Crippen molar-refractivity contribution < 1.29 is 17.9 Å². The van der Waals surface area contributed by atoms with Crippen LogP contribution < -0.4 is 14.8 Å². The number of aryl methyl sites for hydroxylation is 1. The highest BCUT2D eigenvalue weighted by atomic mass is 35.5. The zero-order valence-electron chi connectivity index (χ0n) is 15.8. The Balaban J connectivity index is 1.80. The summed E-state index contributed by atoms with van der Waals surface area (Å²) >= 11 is 5.93. The highest BCUT2D eigenvalue weighted by Gasteiger charge is 2.17. The quantitative estimate of drug-likeness (QED) is 0.593. The monoisotopic (exact) mass is 430 g/mol. The van der Waals surface area contributed by atoms with Crippen LogP contribution in [0.2, 0.25) is 5.02 Å². The minimum absolute atomic E-state index is 0.0196. The molecule has 0 radical (unpaired) electrons. The number of sulfonamides is 1. The van der Waals surface area contributed by atoms with Crippen molar-refractivity contribution >= 4 is 38.9 Å². The Morgan fingerprint density at radius 2 is 1.72 bits per heavy atom. The molecule has 150 valence electrons. The second kappa shape index (κ2) is 8.55. The fourth-order valence-electron chi connectivity index (χ4n) is 2.64. The van der Waals surface area contributed by atoms with E-state index in [4.69, 9.17) is 16.3 Å².